The van der Waals surface area contributed by atoms with Crippen molar-refractivity contribution >= 4 is 88.2 Å². The molecule has 0 spiro atoms. The molecule has 188 valence electrons. The molecule has 1 aromatic carbocycles. The van der Waals surface area contributed by atoms with E-state index < -0.39 is 39.5 Å². The number of fused-ring (bicyclic) bond motifs is 3. The van der Waals surface area contributed by atoms with Crippen LogP contribution in [0, 0.1) is 0 Å². The summed E-state index contributed by atoms with van der Waals surface area (Å²) in [5, 5.41) is 3.35. The van der Waals surface area contributed by atoms with E-state index in [1.807, 2.05) is 0 Å². The average molecular weight is 710 g/mol. The Kier molecular flexibility index (Phi) is 13.1. The molecular formula is C30H48S2Sn2. The standard InChI is InChI=1S/C26H36S2.4CH3.2Sn/c1-3-5-7-9-11-13-15-21-22(16-14-12-10-8-6-4-2)24-18-20-28-26(24)25-23(21)17-19-27-25;;;;;;/h17-18H,3-16H2,1-2H3;4*1H3;;. The summed E-state index contributed by atoms with van der Waals surface area (Å²) in [6, 6.07) is 5.37. The zero-order valence-corrected chi connectivity index (χ0v) is 30.2. The van der Waals surface area contributed by atoms with Crippen molar-refractivity contribution in [3.63, 3.8) is 0 Å². The van der Waals surface area contributed by atoms with Crippen LogP contribution in [0.25, 0.3) is 20.2 Å². The van der Waals surface area contributed by atoms with E-state index >= 15 is 0 Å². The van der Waals surface area contributed by atoms with E-state index in [1.54, 1.807) is 37.1 Å². The van der Waals surface area contributed by atoms with Crippen molar-refractivity contribution in [3.8, 4) is 0 Å². The molecule has 0 N–H and O–H groups in total. The van der Waals surface area contributed by atoms with Gasteiger partial charge in [-0.15, -0.1) is 0 Å². The van der Waals surface area contributed by atoms with Gasteiger partial charge in [0.1, 0.15) is 0 Å². The molecule has 0 aliphatic rings. The molecule has 4 heteroatoms. The number of thiophene rings is 2. The molecule has 0 saturated carbocycles. The zero-order chi connectivity index (χ0) is 24.5. The van der Waals surface area contributed by atoms with E-state index in [9.17, 15) is 0 Å². The first-order valence-corrected chi connectivity index (χ1v) is 30.0. The molecule has 0 amide bonds. The summed E-state index contributed by atoms with van der Waals surface area (Å²) in [4.78, 5) is 10.3. The molecule has 0 bridgehead atoms. The van der Waals surface area contributed by atoms with Crippen molar-refractivity contribution in [2.75, 3.05) is 0 Å². The fourth-order valence-electron chi connectivity index (χ4n) is 5.12. The first-order chi connectivity index (χ1) is 16.5. The van der Waals surface area contributed by atoms with Crippen molar-refractivity contribution in [2.24, 2.45) is 0 Å². The van der Waals surface area contributed by atoms with Crippen LogP contribution in [-0.4, -0.2) is 39.5 Å². The number of hydrogen-bond donors (Lipinski definition) is 0. The Bertz CT molecular complexity index is 931. The van der Waals surface area contributed by atoms with Gasteiger partial charge in [-0.05, 0) is 0 Å². The average Bonchev–Trinajstić information content (AvgIpc) is 3.44. The molecule has 2 aromatic heterocycles. The molecule has 2 radical (unpaired) electrons. The molecular weight excluding hydrogens is 662 g/mol. The van der Waals surface area contributed by atoms with E-state index in [4.69, 9.17) is 0 Å². The second-order valence-electron chi connectivity index (χ2n) is 10.7. The number of hydrogen-bond acceptors (Lipinski definition) is 2. The van der Waals surface area contributed by atoms with Crippen LogP contribution in [0.4, 0.5) is 0 Å². The molecule has 0 aliphatic heterocycles. The Balaban J connectivity index is 1.97. The van der Waals surface area contributed by atoms with Crippen LogP contribution < -0.4 is 5.79 Å². The van der Waals surface area contributed by atoms with Crippen molar-refractivity contribution in [1.82, 2.24) is 0 Å². The van der Waals surface area contributed by atoms with Crippen molar-refractivity contribution < 1.29 is 0 Å². The third-order valence-corrected chi connectivity index (χ3v) is 23.0. The minimum absolute atomic E-state index is 1.31. The molecule has 0 unspecified atom stereocenters. The quantitative estimate of drug-likeness (QED) is 0.103. The van der Waals surface area contributed by atoms with Crippen LogP contribution >= 0.6 is 22.7 Å². The van der Waals surface area contributed by atoms with E-state index in [0.29, 0.717) is 0 Å². The molecule has 2 heterocycles. The van der Waals surface area contributed by atoms with E-state index in [1.165, 1.54) is 89.9 Å². The van der Waals surface area contributed by atoms with E-state index in [0.717, 1.165) is 0 Å². The maximum absolute atomic E-state index is 2.68. The van der Waals surface area contributed by atoms with Gasteiger partial charge in [0.25, 0.3) is 0 Å². The van der Waals surface area contributed by atoms with E-state index in [2.05, 4.69) is 68.4 Å². The summed E-state index contributed by atoms with van der Waals surface area (Å²) in [7, 11) is 0. The number of benzene rings is 1. The van der Waals surface area contributed by atoms with Crippen LogP contribution in [0.5, 0.6) is 0 Å². The summed E-state index contributed by atoms with van der Waals surface area (Å²) in [5.74, 6) is 0. The normalized spacial score (nSPS) is 12.2. The molecule has 0 fully saturated rings. The van der Waals surface area contributed by atoms with Gasteiger partial charge in [0, 0.05) is 0 Å². The Morgan fingerprint density at radius 1 is 0.529 bits per heavy atom. The van der Waals surface area contributed by atoms with E-state index in [-0.39, 0.29) is 0 Å². The fourth-order valence-corrected chi connectivity index (χ4v) is 15.3. The van der Waals surface area contributed by atoms with Crippen molar-refractivity contribution in [3.05, 3.63) is 23.3 Å². The molecule has 3 aromatic rings. The summed E-state index contributed by atoms with van der Waals surface area (Å²) in [6.07, 6.45) is 19.4. The van der Waals surface area contributed by atoms with Gasteiger partial charge >= 0.3 is 235 Å². The van der Waals surface area contributed by atoms with Gasteiger partial charge in [-0.3, -0.25) is 0 Å². The fraction of sp³-hybridized carbons (Fsp3) is 0.667. The second kappa shape index (κ2) is 15.2. The van der Waals surface area contributed by atoms with Crippen molar-refractivity contribution in [1.29, 1.82) is 0 Å². The van der Waals surface area contributed by atoms with Crippen LogP contribution in [0.2, 0.25) is 19.8 Å². The third-order valence-electron chi connectivity index (χ3n) is 7.23. The Hall–Kier alpha value is 0.737. The SMILES string of the molecule is CCCCCCCCc1c(CCCCCCCC)c2c[c]([Sn]([CH3])[CH3])sc2c2s[c]([Sn]([CH3])[CH3])cc12. The summed E-state index contributed by atoms with van der Waals surface area (Å²) >= 11 is 1.64. The summed E-state index contributed by atoms with van der Waals surface area (Å²) < 4.78 is 6.89. The predicted molar refractivity (Wildman–Crippen MR) is 166 cm³/mol. The first-order valence-electron chi connectivity index (χ1n) is 14.1. The third kappa shape index (κ3) is 7.87. The monoisotopic (exact) mass is 712 g/mol. The summed E-state index contributed by atoms with van der Waals surface area (Å²) in [5.41, 5.74) is 3.53. The zero-order valence-electron chi connectivity index (χ0n) is 22.9. The number of aryl methyl sites for hydroxylation is 2. The molecule has 34 heavy (non-hydrogen) atoms. The number of unbranched alkanes of at least 4 members (excludes halogenated alkanes) is 10. The predicted octanol–water partition coefficient (Wildman–Crippen LogP) is 9.84. The molecule has 0 saturated heterocycles. The minimum atomic E-state index is -1.37. The van der Waals surface area contributed by atoms with Gasteiger partial charge in [0.15, 0.2) is 0 Å². The van der Waals surface area contributed by atoms with Gasteiger partial charge in [-0.1, -0.05) is 0 Å². The van der Waals surface area contributed by atoms with Gasteiger partial charge in [0.2, 0.25) is 0 Å². The van der Waals surface area contributed by atoms with Crippen molar-refractivity contribution in [2.45, 2.75) is 123 Å². The topological polar surface area (TPSA) is 0 Å². The Morgan fingerprint density at radius 3 is 1.24 bits per heavy atom. The summed E-state index contributed by atoms with van der Waals surface area (Å²) in [6.45, 7) is 4.65. The Labute approximate surface area is 232 Å². The van der Waals surface area contributed by atoms with Crippen LogP contribution in [0.1, 0.15) is 102 Å². The van der Waals surface area contributed by atoms with Crippen LogP contribution in [-0.2, 0) is 12.8 Å². The van der Waals surface area contributed by atoms with Crippen LogP contribution in [0.3, 0.4) is 0 Å². The number of rotatable bonds is 16. The van der Waals surface area contributed by atoms with Gasteiger partial charge in [-0.2, -0.15) is 0 Å². The van der Waals surface area contributed by atoms with Crippen LogP contribution in [0.15, 0.2) is 12.1 Å². The second-order valence-corrected chi connectivity index (χ2v) is 29.4. The molecule has 0 aliphatic carbocycles. The maximum atomic E-state index is 2.68. The molecule has 3 rings (SSSR count). The molecule has 0 atom stereocenters. The van der Waals surface area contributed by atoms with Gasteiger partial charge < -0.3 is 0 Å². The first kappa shape index (κ1) is 29.3. The molecule has 0 nitrogen and oxygen atoms in total. The Morgan fingerprint density at radius 2 is 0.882 bits per heavy atom. The van der Waals surface area contributed by atoms with Gasteiger partial charge in [-0.25, -0.2) is 0 Å². The van der Waals surface area contributed by atoms with Gasteiger partial charge in [0.05, 0.1) is 0 Å².